The largest absolute Gasteiger partial charge is 0.440 e. The average Bonchev–Trinajstić information content (AvgIpc) is 3.15. The lowest BCUT2D eigenvalue weighted by Crippen LogP contribution is -2.69. The third-order valence-electron chi connectivity index (χ3n) is 3.56. The Labute approximate surface area is 153 Å². The standard InChI is InChI=1S/C15H9ClF3N3O3S/c16-8-3-1-4-9(7-8)22-12(24)14(15(17,18)19,21-13(22)25)20-11(23)10-5-2-6-26-10/h1-7H,(H,20,23)(H,21,25)/t14-/m0/s1. The quantitative estimate of drug-likeness (QED) is 0.773. The summed E-state index contributed by atoms with van der Waals surface area (Å²) in [5.74, 6) is -2.82. The molecule has 0 radical (unpaired) electrons. The molecule has 1 aromatic heterocycles. The van der Waals surface area contributed by atoms with Gasteiger partial charge in [-0.2, -0.15) is 13.2 Å². The van der Waals surface area contributed by atoms with E-state index >= 15 is 0 Å². The molecule has 0 bridgehead atoms. The van der Waals surface area contributed by atoms with E-state index in [0.717, 1.165) is 17.4 Å². The molecule has 1 aliphatic rings. The van der Waals surface area contributed by atoms with Crippen LogP contribution in [0, 0.1) is 0 Å². The second kappa shape index (κ2) is 6.29. The molecule has 4 amide bonds. The molecular weight excluding hydrogens is 395 g/mol. The van der Waals surface area contributed by atoms with Gasteiger partial charge >= 0.3 is 12.2 Å². The molecule has 0 unspecified atom stereocenters. The molecule has 2 aromatic rings. The van der Waals surface area contributed by atoms with Gasteiger partial charge in [-0.25, -0.2) is 9.69 Å². The Balaban J connectivity index is 2.02. The van der Waals surface area contributed by atoms with Crippen LogP contribution in [0.15, 0.2) is 41.8 Å². The summed E-state index contributed by atoms with van der Waals surface area (Å²) in [6, 6.07) is 6.63. The highest BCUT2D eigenvalue weighted by Crippen LogP contribution is 2.36. The summed E-state index contributed by atoms with van der Waals surface area (Å²) in [6.07, 6.45) is -5.28. The van der Waals surface area contributed by atoms with Crippen molar-refractivity contribution in [1.82, 2.24) is 10.6 Å². The van der Waals surface area contributed by atoms with E-state index in [0.29, 0.717) is 0 Å². The minimum absolute atomic E-state index is 0.0446. The predicted octanol–water partition coefficient (Wildman–Crippen LogP) is 3.15. The summed E-state index contributed by atoms with van der Waals surface area (Å²) < 4.78 is 41.1. The van der Waals surface area contributed by atoms with Gasteiger partial charge in [-0.1, -0.05) is 23.7 Å². The van der Waals surface area contributed by atoms with E-state index in [1.54, 1.807) is 10.6 Å². The van der Waals surface area contributed by atoms with Gasteiger partial charge in [0.2, 0.25) is 0 Å². The molecule has 0 saturated carbocycles. The first kappa shape index (κ1) is 18.2. The molecule has 6 nitrogen and oxygen atoms in total. The fourth-order valence-corrected chi connectivity index (χ4v) is 3.17. The van der Waals surface area contributed by atoms with Crippen LogP contribution in [0.1, 0.15) is 9.67 Å². The number of anilines is 1. The minimum Gasteiger partial charge on any atom is -0.313 e. The monoisotopic (exact) mass is 403 g/mol. The molecule has 0 aliphatic carbocycles. The molecule has 26 heavy (non-hydrogen) atoms. The second-order valence-corrected chi connectivity index (χ2v) is 6.61. The summed E-state index contributed by atoms with van der Waals surface area (Å²) in [6.45, 7) is 0. The maximum atomic E-state index is 13.7. The number of imide groups is 1. The van der Waals surface area contributed by atoms with Crippen LogP contribution in [0.5, 0.6) is 0 Å². The van der Waals surface area contributed by atoms with Crippen molar-refractivity contribution >= 4 is 46.5 Å². The highest BCUT2D eigenvalue weighted by atomic mass is 35.5. The molecule has 11 heteroatoms. The Morgan fingerprint density at radius 3 is 2.54 bits per heavy atom. The van der Waals surface area contributed by atoms with Crippen molar-refractivity contribution in [3.8, 4) is 0 Å². The van der Waals surface area contributed by atoms with Crippen molar-refractivity contribution < 1.29 is 27.6 Å². The lowest BCUT2D eigenvalue weighted by molar-refractivity contribution is -0.197. The van der Waals surface area contributed by atoms with Crippen molar-refractivity contribution in [3.63, 3.8) is 0 Å². The second-order valence-electron chi connectivity index (χ2n) is 5.23. The van der Waals surface area contributed by atoms with Crippen LogP contribution in [0.25, 0.3) is 0 Å². The third kappa shape index (κ3) is 2.90. The zero-order chi connectivity index (χ0) is 19.1. The first-order valence-electron chi connectivity index (χ1n) is 7.01. The molecule has 1 saturated heterocycles. The highest BCUT2D eigenvalue weighted by molar-refractivity contribution is 7.12. The predicted molar refractivity (Wildman–Crippen MR) is 88.0 cm³/mol. The van der Waals surface area contributed by atoms with Crippen LogP contribution in [-0.2, 0) is 4.79 Å². The molecule has 1 atom stereocenters. The SMILES string of the molecule is O=C(N[C@]1(C(F)(F)F)NC(=O)N(c2cccc(Cl)c2)C1=O)c1cccs1. The fourth-order valence-electron chi connectivity index (χ4n) is 2.37. The Morgan fingerprint density at radius 1 is 1.23 bits per heavy atom. The van der Waals surface area contributed by atoms with E-state index in [1.165, 1.54) is 35.7 Å². The van der Waals surface area contributed by atoms with E-state index in [1.807, 2.05) is 0 Å². The smallest absolute Gasteiger partial charge is 0.313 e. The number of nitrogens with one attached hydrogen (secondary N) is 2. The molecule has 136 valence electrons. The number of halogens is 4. The van der Waals surface area contributed by atoms with Gasteiger partial charge in [0.05, 0.1) is 10.6 Å². The summed E-state index contributed by atoms with van der Waals surface area (Å²) in [5, 5.41) is 4.79. The van der Waals surface area contributed by atoms with Gasteiger partial charge < -0.3 is 5.32 Å². The Kier molecular flexibility index (Phi) is 4.41. The summed E-state index contributed by atoms with van der Waals surface area (Å²) in [7, 11) is 0. The zero-order valence-electron chi connectivity index (χ0n) is 12.6. The number of hydrogen-bond donors (Lipinski definition) is 2. The van der Waals surface area contributed by atoms with Crippen molar-refractivity contribution in [3.05, 3.63) is 51.7 Å². The number of carbonyl (C=O) groups excluding carboxylic acids is 3. The zero-order valence-corrected chi connectivity index (χ0v) is 14.2. The van der Waals surface area contributed by atoms with Crippen LogP contribution in [0.4, 0.5) is 23.7 Å². The van der Waals surface area contributed by atoms with Gasteiger partial charge in [-0.15, -0.1) is 11.3 Å². The lowest BCUT2D eigenvalue weighted by Gasteiger charge is -2.29. The van der Waals surface area contributed by atoms with E-state index in [2.05, 4.69) is 0 Å². The summed E-state index contributed by atoms with van der Waals surface area (Å²) in [5.41, 5.74) is -3.73. The van der Waals surface area contributed by atoms with Gasteiger partial charge in [0, 0.05) is 5.02 Å². The first-order chi connectivity index (χ1) is 12.2. The average molecular weight is 404 g/mol. The van der Waals surface area contributed by atoms with Gasteiger partial charge in [-0.3, -0.25) is 14.9 Å². The number of carbonyl (C=O) groups is 3. The third-order valence-corrected chi connectivity index (χ3v) is 4.66. The lowest BCUT2D eigenvalue weighted by atomic mass is 10.1. The van der Waals surface area contributed by atoms with Gasteiger partial charge in [0.25, 0.3) is 17.5 Å². The van der Waals surface area contributed by atoms with Crippen LogP contribution in [-0.4, -0.2) is 29.7 Å². The minimum atomic E-state index is -5.28. The number of amides is 4. The molecule has 1 aromatic carbocycles. The number of benzene rings is 1. The Morgan fingerprint density at radius 2 is 1.96 bits per heavy atom. The normalized spacial score (nSPS) is 20.2. The maximum absolute atomic E-state index is 13.7. The number of nitrogens with zero attached hydrogens (tertiary/aromatic N) is 1. The highest BCUT2D eigenvalue weighted by Gasteiger charge is 2.69. The number of urea groups is 1. The Bertz CT molecular complexity index is 888. The molecule has 2 heterocycles. The molecule has 1 aliphatic heterocycles. The van der Waals surface area contributed by atoms with Crippen molar-refractivity contribution in [2.24, 2.45) is 0 Å². The molecule has 1 fully saturated rings. The maximum Gasteiger partial charge on any atom is 0.440 e. The van der Waals surface area contributed by atoms with Crippen molar-refractivity contribution in [1.29, 1.82) is 0 Å². The van der Waals surface area contributed by atoms with Gasteiger partial charge in [0.15, 0.2) is 0 Å². The first-order valence-corrected chi connectivity index (χ1v) is 8.26. The van der Waals surface area contributed by atoms with Gasteiger partial charge in [0.1, 0.15) is 0 Å². The number of thiophene rings is 1. The van der Waals surface area contributed by atoms with Gasteiger partial charge in [-0.05, 0) is 29.6 Å². The van der Waals surface area contributed by atoms with Crippen LogP contribution < -0.4 is 15.5 Å². The van der Waals surface area contributed by atoms with Crippen molar-refractivity contribution in [2.75, 3.05) is 4.90 Å². The van der Waals surface area contributed by atoms with Crippen LogP contribution in [0.2, 0.25) is 5.02 Å². The molecular formula is C15H9ClF3N3O3S. The molecule has 0 spiro atoms. The van der Waals surface area contributed by atoms with Crippen molar-refractivity contribution in [2.45, 2.75) is 11.8 Å². The summed E-state index contributed by atoms with van der Waals surface area (Å²) in [4.78, 5) is 37.1. The van der Waals surface area contributed by atoms with E-state index in [-0.39, 0.29) is 20.5 Å². The topological polar surface area (TPSA) is 78.5 Å². The number of hydrogen-bond acceptors (Lipinski definition) is 4. The van der Waals surface area contributed by atoms with E-state index in [9.17, 15) is 27.6 Å². The molecule has 2 N–H and O–H groups in total. The molecule has 3 rings (SSSR count). The summed E-state index contributed by atoms with van der Waals surface area (Å²) >= 11 is 6.66. The number of alkyl halides is 3. The Hall–Kier alpha value is -2.59. The van der Waals surface area contributed by atoms with Crippen LogP contribution >= 0.6 is 22.9 Å². The fraction of sp³-hybridized carbons (Fsp3) is 0.133. The van der Waals surface area contributed by atoms with E-state index in [4.69, 9.17) is 11.6 Å². The number of rotatable bonds is 3. The van der Waals surface area contributed by atoms with Crippen LogP contribution in [0.3, 0.4) is 0 Å². The van der Waals surface area contributed by atoms with E-state index < -0.39 is 29.7 Å².